The Kier molecular flexibility index (Phi) is 4.78. The summed E-state index contributed by atoms with van der Waals surface area (Å²) in [6, 6.07) is 3.57. The maximum Gasteiger partial charge on any atom is 0.254 e. The van der Waals surface area contributed by atoms with Gasteiger partial charge < -0.3 is 20.1 Å². The fourth-order valence-electron chi connectivity index (χ4n) is 4.59. The number of piperidine rings is 1. The predicted molar refractivity (Wildman–Crippen MR) is 105 cm³/mol. The van der Waals surface area contributed by atoms with Crippen molar-refractivity contribution in [1.82, 2.24) is 25.2 Å². The molecule has 4 rings (SSSR count). The van der Waals surface area contributed by atoms with Crippen LogP contribution in [0.4, 0.5) is 5.82 Å². The van der Waals surface area contributed by atoms with E-state index in [0.29, 0.717) is 30.9 Å². The molecule has 8 nitrogen and oxygen atoms in total. The maximum atomic E-state index is 12.7. The summed E-state index contributed by atoms with van der Waals surface area (Å²) >= 11 is 0. The zero-order chi connectivity index (χ0) is 19.7. The lowest BCUT2D eigenvalue weighted by molar-refractivity contribution is -0.140. The highest BCUT2D eigenvalue weighted by Gasteiger charge is 2.48. The highest BCUT2D eigenvalue weighted by molar-refractivity contribution is 5.98. The molecule has 8 heteroatoms. The van der Waals surface area contributed by atoms with E-state index >= 15 is 0 Å². The van der Waals surface area contributed by atoms with E-state index in [0.717, 1.165) is 37.2 Å². The SMILES string of the molecule is CCC(=O)N1CCc2[nH]cnc2C12CCN(c1ncccc1C(=O)NC)CC2. The Morgan fingerprint density at radius 2 is 2.04 bits per heavy atom. The van der Waals surface area contributed by atoms with E-state index in [2.05, 4.69) is 25.2 Å². The first-order chi connectivity index (χ1) is 13.6. The van der Waals surface area contributed by atoms with Crippen LogP contribution in [-0.2, 0) is 16.8 Å². The molecule has 2 N–H and O–H groups in total. The van der Waals surface area contributed by atoms with E-state index in [1.54, 1.807) is 31.7 Å². The standard InChI is InChI=1S/C20H26N6O2/c1-3-16(27)26-10-6-15-17(24-13-23-15)20(26)7-11-25(12-8-20)18-14(19(28)21-2)5-4-9-22-18/h4-5,9,13H,3,6-8,10-12H2,1-2H3,(H,21,28)(H,23,24). The van der Waals surface area contributed by atoms with Crippen LogP contribution in [0.5, 0.6) is 0 Å². The number of rotatable bonds is 3. The van der Waals surface area contributed by atoms with Crippen molar-refractivity contribution in [3.05, 3.63) is 41.6 Å². The number of aromatic nitrogens is 3. The summed E-state index contributed by atoms with van der Waals surface area (Å²) in [6.45, 7) is 4.05. The molecular formula is C20H26N6O2. The van der Waals surface area contributed by atoms with Crippen LogP contribution in [0.25, 0.3) is 0 Å². The second-order valence-corrected chi connectivity index (χ2v) is 7.35. The lowest BCUT2D eigenvalue weighted by atomic mass is 9.78. The molecule has 0 aliphatic carbocycles. The fourth-order valence-corrected chi connectivity index (χ4v) is 4.59. The average molecular weight is 382 g/mol. The molecule has 2 amide bonds. The van der Waals surface area contributed by atoms with Crippen molar-refractivity contribution in [2.75, 3.05) is 31.6 Å². The molecule has 2 aliphatic heterocycles. The minimum Gasteiger partial charge on any atom is -0.356 e. The molecule has 0 radical (unpaired) electrons. The number of H-pyrrole nitrogens is 1. The summed E-state index contributed by atoms with van der Waals surface area (Å²) in [6.07, 6.45) is 6.28. The van der Waals surface area contributed by atoms with Gasteiger partial charge in [0.2, 0.25) is 5.91 Å². The van der Waals surface area contributed by atoms with Crippen molar-refractivity contribution in [2.45, 2.75) is 38.1 Å². The van der Waals surface area contributed by atoms with Crippen LogP contribution in [0, 0.1) is 0 Å². The second kappa shape index (κ2) is 7.26. The Labute approximate surface area is 164 Å². The smallest absolute Gasteiger partial charge is 0.254 e. The topological polar surface area (TPSA) is 94.2 Å². The van der Waals surface area contributed by atoms with Crippen LogP contribution in [0.15, 0.2) is 24.7 Å². The molecule has 0 aromatic carbocycles. The number of imidazole rings is 1. The van der Waals surface area contributed by atoms with Crippen molar-refractivity contribution in [1.29, 1.82) is 0 Å². The molecule has 1 saturated heterocycles. The average Bonchev–Trinajstić information content (AvgIpc) is 3.24. The molecular weight excluding hydrogens is 356 g/mol. The summed E-state index contributed by atoms with van der Waals surface area (Å²) in [5.41, 5.74) is 2.34. The third-order valence-corrected chi connectivity index (χ3v) is 6.01. The second-order valence-electron chi connectivity index (χ2n) is 7.35. The number of pyridine rings is 1. The summed E-state index contributed by atoms with van der Waals surface area (Å²) in [5, 5.41) is 2.68. The number of aromatic amines is 1. The number of amides is 2. The van der Waals surface area contributed by atoms with Gasteiger partial charge in [0.1, 0.15) is 5.82 Å². The van der Waals surface area contributed by atoms with E-state index in [1.807, 2.05) is 11.8 Å². The maximum absolute atomic E-state index is 12.7. The lowest BCUT2D eigenvalue weighted by Gasteiger charge is -2.50. The minimum atomic E-state index is -0.376. The number of hydrogen-bond acceptors (Lipinski definition) is 5. The van der Waals surface area contributed by atoms with Crippen LogP contribution < -0.4 is 10.2 Å². The molecule has 2 aliphatic rings. The van der Waals surface area contributed by atoms with Gasteiger partial charge in [-0.2, -0.15) is 0 Å². The Hall–Kier alpha value is -2.90. The number of anilines is 1. The van der Waals surface area contributed by atoms with E-state index < -0.39 is 0 Å². The summed E-state index contributed by atoms with van der Waals surface area (Å²) in [5.74, 6) is 0.729. The molecule has 1 spiro atoms. The van der Waals surface area contributed by atoms with Gasteiger partial charge in [-0.1, -0.05) is 6.92 Å². The molecule has 28 heavy (non-hydrogen) atoms. The number of hydrogen-bond donors (Lipinski definition) is 2. The van der Waals surface area contributed by atoms with Gasteiger partial charge in [-0.3, -0.25) is 9.59 Å². The van der Waals surface area contributed by atoms with Gasteiger partial charge in [-0.25, -0.2) is 9.97 Å². The zero-order valence-electron chi connectivity index (χ0n) is 16.4. The van der Waals surface area contributed by atoms with Gasteiger partial charge in [-0.15, -0.1) is 0 Å². The number of nitrogens with one attached hydrogen (secondary N) is 2. The van der Waals surface area contributed by atoms with Gasteiger partial charge in [0.25, 0.3) is 5.91 Å². The molecule has 0 bridgehead atoms. The minimum absolute atomic E-state index is 0.140. The Morgan fingerprint density at radius 1 is 1.25 bits per heavy atom. The van der Waals surface area contributed by atoms with Crippen molar-refractivity contribution in [3.63, 3.8) is 0 Å². The van der Waals surface area contributed by atoms with Crippen molar-refractivity contribution < 1.29 is 9.59 Å². The van der Waals surface area contributed by atoms with E-state index in [4.69, 9.17) is 0 Å². The van der Waals surface area contributed by atoms with Gasteiger partial charge in [-0.05, 0) is 25.0 Å². The van der Waals surface area contributed by atoms with Crippen LogP contribution in [0.2, 0.25) is 0 Å². The highest BCUT2D eigenvalue weighted by atomic mass is 16.2. The number of fused-ring (bicyclic) bond motifs is 2. The quantitative estimate of drug-likeness (QED) is 0.838. The molecule has 2 aromatic rings. The van der Waals surface area contributed by atoms with Crippen molar-refractivity contribution in [3.8, 4) is 0 Å². The summed E-state index contributed by atoms with van der Waals surface area (Å²) in [7, 11) is 1.62. The Bertz CT molecular complexity index is 884. The largest absolute Gasteiger partial charge is 0.356 e. The molecule has 0 saturated carbocycles. The first kappa shape index (κ1) is 18.5. The molecule has 148 valence electrons. The number of nitrogens with zero attached hydrogens (tertiary/aromatic N) is 4. The third kappa shape index (κ3) is 2.83. The predicted octanol–water partition coefficient (Wildman–Crippen LogP) is 1.45. The summed E-state index contributed by atoms with van der Waals surface area (Å²) in [4.78, 5) is 41.5. The first-order valence-corrected chi connectivity index (χ1v) is 9.86. The van der Waals surface area contributed by atoms with Gasteiger partial charge >= 0.3 is 0 Å². The number of carbonyl (C=O) groups is 2. The van der Waals surface area contributed by atoms with Gasteiger partial charge in [0.15, 0.2) is 0 Å². The van der Waals surface area contributed by atoms with Crippen LogP contribution in [0.3, 0.4) is 0 Å². The van der Waals surface area contributed by atoms with E-state index in [-0.39, 0.29) is 17.4 Å². The van der Waals surface area contributed by atoms with Crippen LogP contribution >= 0.6 is 0 Å². The van der Waals surface area contributed by atoms with Crippen molar-refractivity contribution >= 4 is 17.6 Å². The Morgan fingerprint density at radius 3 is 2.75 bits per heavy atom. The van der Waals surface area contributed by atoms with Crippen molar-refractivity contribution in [2.24, 2.45) is 0 Å². The van der Waals surface area contributed by atoms with Crippen LogP contribution in [0.1, 0.15) is 47.9 Å². The monoisotopic (exact) mass is 382 g/mol. The lowest BCUT2D eigenvalue weighted by Crippen LogP contribution is -2.58. The molecule has 4 heterocycles. The highest BCUT2D eigenvalue weighted by Crippen LogP contribution is 2.43. The third-order valence-electron chi connectivity index (χ3n) is 6.01. The Balaban J connectivity index is 1.64. The normalized spacial score (nSPS) is 18.1. The molecule has 2 aromatic heterocycles. The van der Waals surface area contributed by atoms with E-state index in [9.17, 15) is 9.59 Å². The van der Waals surface area contributed by atoms with Gasteiger partial charge in [0.05, 0.1) is 23.1 Å². The first-order valence-electron chi connectivity index (χ1n) is 9.86. The number of carbonyl (C=O) groups excluding carboxylic acids is 2. The van der Waals surface area contributed by atoms with Crippen LogP contribution in [-0.4, -0.2) is 58.3 Å². The van der Waals surface area contributed by atoms with Gasteiger partial charge in [0, 0.05) is 51.4 Å². The molecule has 0 atom stereocenters. The van der Waals surface area contributed by atoms with E-state index in [1.165, 1.54) is 0 Å². The zero-order valence-corrected chi connectivity index (χ0v) is 16.4. The summed E-state index contributed by atoms with van der Waals surface area (Å²) < 4.78 is 0. The fraction of sp³-hybridized carbons (Fsp3) is 0.500. The molecule has 0 unspecified atom stereocenters. The molecule has 1 fully saturated rings.